The molecule has 0 aromatic heterocycles. The van der Waals surface area contributed by atoms with Gasteiger partial charge in [0.25, 0.3) is 0 Å². The molecular weight excluding hydrogens is 329 g/mol. The molecule has 1 atom stereocenters. The second-order valence-electron chi connectivity index (χ2n) is 5.47. The summed E-state index contributed by atoms with van der Waals surface area (Å²) in [6.07, 6.45) is 0.105. The highest BCUT2D eigenvalue weighted by Crippen LogP contribution is 2.26. The van der Waals surface area contributed by atoms with Crippen LogP contribution in [0.5, 0.6) is 0 Å². The van der Waals surface area contributed by atoms with Gasteiger partial charge < -0.3 is 10.4 Å². The molecule has 0 bridgehead atoms. The van der Waals surface area contributed by atoms with Crippen LogP contribution >= 0.6 is 23.2 Å². The molecule has 0 radical (unpaired) electrons. The smallest absolute Gasteiger partial charge is 0.0807 e. The second kappa shape index (κ2) is 7.22. The van der Waals surface area contributed by atoms with E-state index in [1.165, 1.54) is 5.39 Å². The van der Waals surface area contributed by atoms with Crippen molar-refractivity contribution in [3.05, 3.63) is 76.3 Å². The number of rotatable bonds is 5. The molecule has 0 aliphatic heterocycles. The summed E-state index contributed by atoms with van der Waals surface area (Å²) in [4.78, 5) is 0. The summed E-state index contributed by atoms with van der Waals surface area (Å²) in [5.74, 6) is 0. The van der Waals surface area contributed by atoms with Crippen molar-refractivity contribution in [2.75, 3.05) is 11.9 Å². The van der Waals surface area contributed by atoms with Gasteiger partial charge in [0, 0.05) is 12.2 Å². The number of nitrogens with one attached hydrogen (secondary N) is 1. The van der Waals surface area contributed by atoms with Crippen LogP contribution in [0.15, 0.2) is 60.7 Å². The SMILES string of the molecule is OC(CCNc1ccc(Cl)c(Cl)c1)c1ccc2ccccc2c1. The van der Waals surface area contributed by atoms with E-state index in [0.717, 1.165) is 16.6 Å². The van der Waals surface area contributed by atoms with Crippen LogP contribution in [0.2, 0.25) is 10.0 Å². The minimum absolute atomic E-state index is 0.505. The van der Waals surface area contributed by atoms with Gasteiger partial charge in [-0.1, -0.05) is 59.6 Å². The fourth-order valence-electron chi connectivity index (χ4n) is 2.54. The number of aliphatic hydroxyl groups is 1. The maximum atomic E-state index is 10.4. The number of halogens is 2. The highest BCUT2D eigenvalue weighted by atomic mass is 35.5. The van der Waals surface area contributed by atoms with E-state index in [9.17, 15) is 5.11 Å². The Balaban J connectivity index is 1.61. The van der Waals surface area contributed by atoms with Gasteiger partial charge in [-0.05, 0) is 47.0 Å². The summed E-state index contributed by atoms with van der Waals surface area (Å²) in [6.45, 7) is 0.645. The Kier molecular flexibility index (Phi) is 5.06. The molecule has 2 N–H and O–H groups in total. The third-order valence-electron chi connectivity index (χ3n) is 3.82. The average Bonchev–Trinajstić information content (AvgIpc) is 2.57. The van der Waals surface area contributed by atoms with E-state index in [-0.39, 0.29) is 0 Å². The number of aliphatic hydroxyl groups excluding tert-OH is 1. The van der Waals surface area contributed by atoms with Crippen molar-refractivity contribution >= 4 is 39.7 Å². The van der Waals surface area contributed by atoms with E-state index in [1.807, 2.05) is 36.4 Å². The number of anilines is 1. The van der Waals surface area contributed by atoms with Crippen molar-refractivity contribution in [2.45, 2.75) is 12.5 Å². The molecular formula is C19H17Cl2NO. The Morgan fingerprint density at radius 1 is 0.870 bits per heavy atom. The molecule has 0 heterocycles. The van der Waals surface area contributed by atoms with Crippen LogP contribution in [-0.4, -0.2) is 11.7 Å². The van der Waals surface area contributed by atoms with E-state index in [4.69, 9.17) is 23.2 Å². The highest BCUT2D eigenvalue weighted by Gasteiger charge is 2.08. The Hall–Kier alpha value is -1.74. The number of benzene rings is 3. The first kappa shape index (κ1) is 16.1. The summed E-state index contributed by atoms with van der Waals surface area (Å²) in [5, 5.41) is 17.0. The molecule has 3 aromatic carbocycles. The van der Waals surface area contributed by atoms with Gasteiger partial charge in [0.2, 0.25) is 0 Å². The highest BCUT2D eigenvalue weighted by molar-refractivity contribution is 6.42. The molecule has 0 spiro atoms. The Morgan fingerprint density at radius 2 is 1.65 bits per heavy atom. The second-order valence-corrected chi connectivity index (χ2v) is 6.28. The molecule has 0 aliphatic rings. The fraction of sp³-hybridized carbons (Fsp3) is 0.158. The molecule has 0 fully saturated rings. The molecule has 23 heavy (non-hydrogen) atoms. The molecule has 0 aliphatic carbocycles. The molecule has 2 nitrogen and oxygen atoms in total. The molecule has 118 valence electrons. The first-order valence-electron chi connectivity index (χ1n) is 7.49. The number of fused-ring (bicyclic) bond motifs is 1. The predicted molar refractivity (Wildman–Crippen MR) is 98.5 cm³/mol. The Labute approximate surface area is 145 Å². The van der Waals surface area contributed by atoms with Gasteiger partial charge in [0.15, 0.2) is 0 Å². The molecule has 0 saturated carbocycles. The average molecular weight is 346 g/mol. The van der Waals surface area contributed by atoms with Crippen molar-refractivity contribution in [2.24, 2.45) is 0 Å². The van der Waals surface area contributed by atoms with E-state index >= 15 is 0 Å². The maximum absolute atomic E-state index is 10.4. The Bertz CT molecular complexity index is 819. The predicted octanol–water partition coefficient (Wildman–Crippen LogP) is 5.68. The van der Waals surface area contributed by atoms with Crippen molar-refractivity contribution in [1.82, 2.24) is 0 Å². The van der Waals surface area contributed by atoms with E-state index in [0.29, 0.717) is 23.0 Å². The number of hydrogen-bond acceptors (Lipinski definition) is 2. The summed E-state index contributed by atoms with van der Waals surface area (Å²) in [5.41, 5.74) is 1.82. The minimum atomic E-state index is -0.505. The summed E-state index contributed by atoms with van der Waals surface area (Å²) >= 11 is 11.9. The maximum Gasteiger partial charge on any atom is 0.0807 e. The van der Waals surface area contributed by atoms with Gasteiger partial charge in [-0.2, -0.15) is 0 Å². The van der Waals surface area contributed by atoms with Crippen LogP contribution in [-0.2, 0) is 0 Å². The lowest BCUT2D eigenvalue weighted by Crippen LogP contribution is -2.07. The van der Waals surface area contributed by atoms with Gasteiger partial charge in [-0.25, -0.2) is 0 Å². The van der Waals surface area contributed by atoms with Crippen LogP contribution < -0.4 is 5.32 Å². The zero-order valence-electron chi connectivity index (χ0n) is 12.5. The van der Waals surface area contributed by atoms with Gasteiger partial charge in [-0.15, -0.1) is 0 Å². The van der Waals surface area contributed by atoms with Crippen molar-refractivity contribution in [3.63, 3.8) is 0 Å². The standard InChI is InChI=1S/C19H17Cl2NO/c20-17-8-7-16(12-18(17)21)22-10-9-19(23)15-6-5-13-3-1-2-4-14(13)11-15/h1-8,11-12,19,22-23H,9-10H2. The minimum Gasteiger partial charge on any atom is -0.388 e. The summed E-state index contributed by atoms with van der Waals surface area (Å²) < 4.78 is 0. The lowest BCUT2D eigenvalue weighted by Gasteiger charge is -2.13. The van der Waals surface area contributed by atoms with Crippen LogP contribution in [0.4, 0.5) is 5.69 Å². The molecule has 3 aromatic rings. The van der Waals surface area contributed by atoms with Crippen molar-refractivity contribution in [3.8, 4) is 0 Å². The molecule has 3 rings (SSSR count). The van der Waals surface area contributed by atoms with Crippen LogP contribution in [0.3, 0.4) is 0 Å². The monoisotopic (exact) mass is 345 g/mol. The van der Waals surface area contributed by atoms with E-state index in [1.54, 1.807) is 12.1 Å². The quantitative estimate of drug-likeness (QED) is 0.623. The van der Waals surface area contributed by atoms with Gasteiger partial charge in [0.1, 0.15) is 0 Å². The third kappa shape index (κ3) is 3.97. The van der Waals surface area contributed by atoms with Crippen LogP contribution in [0.25, 0.3) is 10.8 Å². The van der Waals surface area contributed by atoms with Gasteiger partial charge in [0.05, 0.1) is 16.1 Å². The lowest BCUT2D eigenvalue weighted by atomic mass is 10.0. The van der Waals surface area contributed by atoms with Crippen molar-refractivity contribution in [1.29, 1.82) is 0 Å². The topological polar surface area (TPSA) is 32.3 Å². The summed E-state index contributed by atoms with van der Waals surface area (Å²) in [7, 11) is 0. The summed E-state index contributed by atoms with van der Waals surface area (Å²) in [6, 6.07) is 19.6. The molecule has 4 heteroatoms. The van der Waals surface area contributed by atoms with Crippen LogP contribution in [0.1, 0.15) is 18.1 Å². The van der Waals surface area contributed by atoms with E-state index in [2.05, 4.69) is 17.4 Å². The first-order valence-corrected chi connectivity index (χ1v) is 8.25. The van der Waals surface area contributed by atoms with Gasteiger partial charge >= 0.3 is 0 Å². The normalized spacial score (nSPS) is 12.3. The van der Waals surface area contributed by atoms with Gasteiger partial charge in [-0.3, -0.25) is 0 Å². The Morgan fingerprint density at radius 3 is 2.43 bits per heavy atom. The molecule has 1 unspecified atom stereocenters. The molecule has 0 saturated heterocycles. The lowest BCUT2D eigenvalue weighted by molar-refractivity contribution is 0.172. The fourth-order valence-corrected chi connectivity index (χ4v) is 2.84. The zero-order chi connectivity index (χ0) is 16.2. The largest absolute Gasteiger partial charge is 0.388 e. The number of hydrogen-bond donors (Lipinski definition) is 2. The molecule has 0 amide bonds. The zero-order valence-corrected chi connectivity index (χ0v) is 14.0. The van der Waals surface area contributed by atoms with Crippen molar-refractivity contribution < 1.29 is 5.11 Å². The van der Waals surface area contributed by atoms with E-state index < -0.39 is 6.10 Å². The van der Waals surface area contributed by atoms with Crippen LogP contribution in [0, 0.1) is 0 Å². The first-order chi connectivity index (χ1) is 11.1. The third-order valence-corrected chi connectivity index (χ3v) is 4.56.